The van der Waals surface area contributed by atoms with Gasteiger partial charge in [-0.3, -0.25) is 0 Å². The van der Waals surface area contributed by atoms with Crippen LogP contribution in [0.3, 0.4) is 0 Å². The first-order chi connectivity index (χ1) is 5.68. The topological polar surface area (TPSA) is 26.0 Å². The molecule has 1 fully saturated rings. The summed E-state index contributed by atoms with van der Waals surface area (Å²) >= 11 is 0. The van der Waals surface area contributed by atoms with Crippen LogP contribution >= 0.6 is 0 Å². The van der Waals surface area contributed by atoms with E-state index in [2.05, 4.69) is 19.9 Å². The van der Waals surface area contributed by atoms with Crippen molar-refractivity contribution < 1.29 is 0 Å². The van der Waals surface area contributed by atoms with Crippen LogP contribution in [-0.2, 0) is 0 Å². The zero-order chi connectivity index (χ0) is 8.72. The summed E-state index contributed by atoms with van der Waals surface area (Å²) in [5.41, 5.74) is 7.67. The lowest BCUT2D eigenvalue weighted by molar-refractivity contribution is 0.382. The maximum Gasteiger partial charge on any atom is 0.00793 e. The Labute approximate surface area is 75.0 Å². The fourth-order valence-corrected chi connectivity index (χ4v) is 2.98. The third-order valence-electron chi connectivity index (χ3n) is 3.62. The molecule has 0 bridgehead atoms. The summed E-state index contributed by atoms with van der Waals surface area (Å²) in [6.07, 6.45) is 6.14. The Hall–Kier alpha value is -0.300. The Kier molecular flexibility index (Phi) is 1.99. The number of hydrogen-bond acceptors (Lipinski definition) is 1. The van der Waals surface area contributed by atoms with Crippen molar-refractivity contribution in [3.63, 3.8) is 0 Å². The van der Waals surface area contributed by atoms with E-state index >= 15 is 0 Å². The molecule has 1 nitrogen and oxygen atoms in total. The zero-order valence-electron chi connectivity index (χ0n) is 8.09. The monoisotopic (exact) mass is 165 g/mol. The molecule has 0 aromatic carbocycles. The largest absolute Gasteiger partial charge is 0.327 e. The van der Waals surface area contributed by atoms with Crippen LogP contribution in [-0.4, -0.2) is 6.04 Å². The van der Waals surface area contributed by atoms with E-state index in [9.17, 15) is 0 Å². The Balaban J connectivity index is 2.21. The molecule has 2 aliphatic carbocycles. The van der Waals surface area contributed by atoms with Gasteiger partial charge >= 0.3 is 0 Å². The lowest BCUT2D eigenvalue weighted by atomic mass is 9.82. The minimum atomic E-state index is 0.437. The van der Waals surface area contributed by atoms with E-state index in [0.29, 0.717) is 6.04 Å². The minimum Gasteiger partial charge on any atom is -0.327 e. The number of nitrogens with two attached hydrogens (primary N) is 1. The third-order valence-corrected chi connectivity index (χ3v) is 3.62. The smallest absolute Gasteiger partial charge is 0.00793 e. The van der Waals surface area contributed by atoms with Crippen LogP contribution in [0.15, 0.2) is 11.6 Å². The first-order valence-electron chi connectivity index (χ1n) is 5.14. The molecule has 2 aliphatic rings. The normalized spacial score (nSPS) is 47.1. The van der Waals surface area contributed by atoms with E-state index in [-0.39, 0.29) is 0 Å². The van der Waals surface area contributed by atoms with Crippen molar-refractivity contribution in [3.8, 4) is 0 Å². The van der Waals surface area contributed by atoms with Crippen LogP contribution in [0.25, 0.3) is 0 Å². The second kappa shape index (κ2) is 2.88. The van der Waals surface area contributed by atoms with Gasteiger partial charge in [0.2, 0.25) is 0 Å². The molecular formula is C11H19N. The molecule has 0 saturated heterocycles. The van der Waals surface area contributed by atoms with Gasteiger partial charge in [0.25, 0.3) is 0 Å². The summed E-state index contributed by atoms with van der Waals surface area (Å²) in [4.78, 5) is 0. The molecule has 4 atom stereocenters. The van der Waals surface area contributed by atoms with E-state index in [1.165, 1.54) is 12.8 Å². The second-order valence-electron chi connectivity index (χ2n) is 4.66. The van der Waals surface area contributed by atoms with Gasteiger partial charge in [0.05, 0.1) is 0 Å². The Bertz CT molecular complexity index is 207. The molecule has 0 aromatic heterocycles. The van der Waals surface area contributed by atoms with Crippen LogP contribution in [0, 0.1) is 17.8 Å². The molecule has 4 unspecified atom stereocenters. The highest BCUT2D eigenvalue weighted by atomic mass is 14.6. The summed E-state index contributed by atoms with van der Waals surface area (Å²) in [5, 5.41) is 0. The van der Waals surface area contributed by atoms with Gasteiger partial charge in [-0.05, 0) is 37.0 Å². The van der Waals surface area contributed by atoms with Crippen molar-refractivity contribution in [3.05, 3.63) is 11.6 Å². The standard InChI is InChI=1S/C11H19N/c1-7-5-8(2)11-6-9(12)3-4-10(7)11/h4,7-9,11H,3,5-6,12H2,1-2H3. The van der Waals surface area contributed by atoms with E-state index in [1.807, 2.05) is 0 Å². The maximum absolute atomic E-state index is 5.95. The molecule has 0 heterocycles. The predicted octanol–water partition coefficient (Wildman–Crippen LogP) is 2.33. The average molecular weight is 165 g/mol. The van der Waals surface area contributed by atoms with Gasteiger partial charge in [-0.1, -0.05) is 25.5 Å². The Morgan fingerprint density at radius 2 is 2.08 bits per heavy atom. The van der Waals surface area contributed by atoms with E-state index in [1.54, 1.807) is 5.57 Å². The summed E-state index contributed by atoms with van der Waals surface area (Å²) < 4.78 is 0. The first-order valence-corrected chi connectivity index (χ1v) is 5.14. The highest BCUT2D eigenvalue weighted by molar-refractivity contribution is 5.20. The third kappa shape index (κ3) is 1.20. The summed E-state index contributed by atoms with van der Waals surface area (Å²) in [6, 6.07) is 0.437. The molecule has 0 radical (unpaired) electrons. The fraction of sp³-hybridized carbons (Fsp3) is 0.818. The summed E-state index contributed by atoms with van der Waals surface area (Å²) in [5.74, 6) is 2.53. The number of rotatable bonds is 0. The maximum atomic E-state index is 5.95. The molecule has 68 valence electrons. The first kappa shape index (κ1) is 8.31. The molecule has 2 rings (SSSR count). The highest BCUT2D eigenvalue weighted by Gasteiger charge is 2.36. The van der Waals surface area contributed by atoms with Crippen molar-refractivity contribution in [2.75, 3.05) is 0 Å². The lowest BCUT2D eigenvalue weighted by Gasteiger charge is -2.26. The van der Waals surface area contributed by atoms with Crippen molar-refractivity contribution in [2.45, 2.75) is 39.2 Å². The SMILES string of the molecule is CC1CC(C)C2CC(N)CC=C12. The molecule has 2 N–H and O–H groups in total. The molecule has 0 aromatic rings. The van der Waals surface area contributed by atoms with Crippen LogP contribution in [0.2, 0.25) is 0 Å². The van der Waals surface area contributed by atoms with Gasteiger partial charge in [0.1, 0.15) is 0 Å². The van der Waals surface area contributed by atoms with Gasteiger partial charge in [-0.25, -0.2) is 0 Å². The van der Waals surface area contributed by atoms with Gasteiger partial charge in [0, 0.05) is 6.04 Å². The number of allylic oxidation sites excluding steroid dienone is 1. The molecule has 0 aliphatic heterocycles. The van der Waals surface area contributed by atoms with Crippen LogP contribution in [0.4, 0.5) is 0 Å². The number of hydrogen-bond donors (Lipinski definition) is 1. The van der Waals surface area contributed by atoms with Crippen LogP contribution in [0.1, 0.15) is 33.1 Å². The fourth-order valence-electron chi connectivity index (χ4n) is 2.98. The van der Waals surface area contributed by atoms with Crippen LogP contribution in [0.5, 0.6) is 0 Å². The Morgan fingerprint density at radius 3 is 2.83 bits per heavy atom. The molecule has 1 heteroatoms. The summed E-state index contributed by atoms with van der Waals surface area (Å²) in [7, 11) is 0. The second-order valence-corrected chi connectivity index (χ2v) is 4.66. The van der Waals surface area contributed by atoms with Gasteiger partial charge in [-0.15, -0.1) is 0 Å². The quantitative estimate of drug-likeness (QED) is 0.548. The molecule has 0 spiro atoms. The van der Waals surface area contributed by atoms with E-state index in [4.69, 9.17) is 5.73 Å². The van der Waals surface area contributed by atoms with Gasteiger partial charge < -0.3 is 5.73 Å². The van der Waals surface area contributed by atoms with Crippen molar-refractivity contribution >= 4 is 0 Å². The zero-order valence-corrected chi connectivity index (χ0v) is 8.09. The van der Waals surface area contributed by atoms with Gasteiger partial charge in [0.15, 0.2) is 0 Å². The molecular weight excluding hydrogens is 146 g/mol. The average Bonchev–Trinajstić information content (AvgIpc) is 2.28. The highest BCUT2D eigenvalue weighted by Crippen LogP contribution is 2.45. The van der Waals surface area contributed by atoms with Crippen molar-refractivity contribution in [1.29, 1.82) is 0 Å². The van der Waals surface area contributed by atoms with Crippen LogP contribution < -0.4 is 5.73 Å². The van der Waals surface area contributed by atoms with Crippen molar-refractivity contribution in [1.82, 2.24) is 0 Å². The summed E-state index contributed by atoms with van der Waals surface area (Å²) in [6.45, 7) is 4.74. The molecule has 0 amide bonds. The lowest BCUT2D eigenvalue weighted by Crippen LogP contribution is -2.28. The van der Waals surface area contributed by atoms with Gasteiger partial charge in [-0.2, -0.15) is 0 Å². The molecule has 12 heavy (non-hydrogen) atoms. The number of fused-ring (bicyclic) bond motifs is 1. The van der Waals surface area contributed by atoms with Crippen molar-refractivity contribution in [2.24, 2.45) is 23.5 Å². The van der Waals surface area contributed by atoms with E-state index in [0.717, 1.165) is 24.2 Å². The van der Waals surface area contributed by atoms with E-state index < -0.39 is 0 Å². The Morgan fingerprint density at radius 1 is 1.33 bits per heavy atom. The molecule has 1 saturated carbocycles. The predicted molar refractivity (Wildman–Crippen MR) is 51.7 cm³/mol. The minimum absolute atomic E-state index is 0.437.